The summed E-state index contributed by atoms with van der Waals surface area (Å²) < 4.78 is 38.9. The lowest BCUT2D eigenvalue weighted by atomic mass is 9.97. The fraction of sp³-hybridized carbons (Fsp3) is 0.600. The Bertz CT molecular complexity index is 600. The second-order valence-corrected chi connectivity index (χ2v) is 5.81. The standard InChI is InChI=1S/C15H19F3N2O2/c1-10-4-3-5-11(2)20(10)14(22)9-19-8-12(15(16,17)18)6-7-13(19)21/h6-8,10-11H,3-5,9H2,1-2H3. The van der Waals surface area contributed by atoms with E-state index in [9.17, 15) is 22.8 Å². The fourth-order valence-corrected chi connectivity index (χ4v) is 2.96. The van der Waals surface area contributed by atoms with E-state index in [0.29, 0.717) is 6.20 Å². The Kier molecular flexibility index (Phi) is 4.63. The van der Waals surface area contributed by atoms with E-state index in [-0.39, 0.29) is 24.5 Å². The molecule has 122 valence electrons. The molecule has 1 aromatic rings. The van der Waals surface area contributed by atoms with Crippen LogP contribution in [0.1, 0.15) is 38.7 Å². The van der Waals surface area contributed by atoms with Crippen LogP contribution in [0.4, 0.5) is 13.2 Å². The van der Waals surface area contributed by atoms with Crippen molar-refractivity contribution in [3.05, 3.63) is 34.2 Å². The number of aromatic nitrogens is 1. The molecule has 2 heterocycles. The molecule has 0 bridgehead atoms. The van der Waals surface area contributed by atoms with Gasteiger partial charge in [-0.1, -0.05) is 0 Å². The van der Waals surface area contributed by atoms with Crippen molar-refractivity contribution in [3.63, 3.8) is 0 Å². The van der Waals surface area contributed by atoms with E-state index in [1.807, 2.05) is 13.8 Å². The second-order valence-electron chi connectivity index (χ2n) is 5.81. The van der Waals surface area contributed by atoms with Gasteiger partial charge in [0.2, 0.25) is 5.91 Å². The molecular weight excluding hydrogens is 297 g/mol. The van der Waals surface area contributed by atoms with Gasteiger partial charge in [0, 0.05) is 24.3 Å². The van der Waals surface area contributed by atoms with E-state index in [0.717, 1.165) is 36.0 Å². The quantitative estimate of drug-likeness (QED) is 0.842. The van der Waals surface area contributed by atoms with Gasteiger partial charge >= 0.3 is 6.18 Å². The Labute approximate surface area is 126 Å². The van der Waals surface area contributed by atoms with Crippen LogP contribution in [0.3, 0.4) is 0 Å². The first-order valence-corrected chi connectivity index (χ1v) is 7.29. The molecule has 22 heavy (non-hydrogen) atoms. The Hall–Kier alpha value is -1.79. The van der Waals surface area contributed by atoms with E-state index >= 15 is 0 Å². The molecule has 4 nitrogen and oxygen atoms in total. The molecule has 2 atom stereocenters. The monoisotopic (exact) mass is 316 g/mol. The van der Waals surface area contributed by atoms with Gasteiger partial charge in [-0.05, 0) is 39.2 Å². The van der Waals surface area contributed by atoms with Crippen LogP contribution in [-0.4, -0.2) is 27.5 Å². The molecule has 0 spiro atoms. The minimum Gasteiger partial charge on any atom is -0.336 e. The summed E-state index contributed by atoms with van der Waals surface area (Å²) in [5.41, 5.74) is -1.54. The number of alkyl halides is 3. The predicted molar refractivity (Wildman–Crippen MR) is 75.3 cm³/mol. The van der Waals surface area contributed by atoms with Crippen molar-refractivity contribution in [2.45, 2.75) is 57.9 Å². The maximum absolute atomic E-state index is 12.7. The van der Waals surface area contributed by atoms with Crippen LogP contribution in [0.25, 0.3) is 0 Å². The third-order valence-electron chi connectivity index (χ3n) is 4.10. The lowest BCUT2D eigenvalue weighted by molar-refractivity contribution is -0.140. The van der Waals surface area contributed by atoms with Crippen molar-refractivity contribution in [1.82, 2.24) is 9.47 Å². The van der Waals surface area contributed by atoms with E-state index in [4.69, 9.17) is 0 Å². The van der Waals surface area contributed by atoms with Crippen LogP contribution in [0.15, 0.2) is 23.1 Å². The first-order chi connectivity index (χ1) is 10.2. The number of hydrogen-bond acceptors (Lipinski definition) is 2. The lowest BCUT2D eigenvalue weighted by Crippen LogP contribution is -2.49. The molecule has 0 saturated carbocycles. The van der Waals surface area contributed by atoms with Crippen molar-refractivity contribution < 1.29 is 18.0 Å². The molecule has 0 aliphatic carbocycles. The molecule has 0 aromatic carbocycles. The number of rotatable bonds is 2. The molecule has 7 heteroatoms. The average molecular weight is 316 g/mol. The predicted octanol–water partition coefficient (Wildman–Crippen LogP) is 2.66. The molecule has 0 radical (unpaired) electrons. The number of nitrogens with zero attached hydrogens (tertiary/aromatic N) is 2. The number of carbonyl (C=O) groups is 1. The van der Waals surface area contributed by atoms with Gasteiger partial charge in [0.15, 0.2) is 0 Å². The van der Waals surface area contributed by atoms with Crippen LogP contribution in [0, 0.1) is 0 Å². The molecule has 1 amide bonds. The number of halogens is 3. The maximum Gasteiger partial charge on any atom is 0.417 e. The smallest absolute Gasteiger partial charge is 0.336 e. The van der Waals surface area contributed by atoms with Gasteiger partial charge in [0.25, 0.3) is 5.56 Å². The van der Waals surface area contributed by atoms with Gasteiger partial charge in [-0.3, -0.25) is 9.59 Å². The van der Waals surface area contributed by atoms with Gasteiger partial charge in [0.1, 0.15) is 6.54 Å². The number of carbonyl (C=O) groups excluding carboxylic acids is 1. The molecule has 0 N–H and O–H groups in total. The van der Waals surface area contributed by atoms with Crippen molar-refractivity contribution in [2.75, 3.05) is 0 Å². The average Bonchev–Trinajstić information content (AvgIpc) is 2.39. The van der Waals surface area contributed by atoms with E-state index < -0.39 is 17.3 Å². The van der Waals surface area contributed by atoms with Gasteiger partial charge in [-0.25, -0.2) is 0 Å². The topological polar surface area (TPSA) is 42.3 Å². The number of hydrogen-bond donors (Lipinski definition) is 0. The summed E-state index contributed by atoms with van der Waals surface area (Å²) in [6.45, 7) is 3.47. The van der Waals surface area contributed by atoms with E-state index in [2.05, 4.69) is 0 Å². The van der Waals surface area contributed by atoms with Gasteiger partial charge < -0.3 is 9.47 Å². The summed E-state index contributed by atoms with van der Waals surface area (Å²) in [5, 5.41) is 0. The number of pyridine rings is 1. The Morgan fingerprint density at radius 2 is 1.82 bits per heavy atom. The van der Waals surface area contributed by atoms with Crippen molar-refractivity contribution in [3.8, 4) is 0 Å². The summed E-state index contributed by atoms with van der Waals surface area (Å²) in [5.74, 6) is -0.318. The maximum atomic E-state index is 12.7. The molecule has 1 aromatic heterocycles. The Balaban J connectivity index is 2.23. The summed E-state index contributed by atoms with van der Waals surface area (Å²) >= 11 is 0. The molecule has 2 rings (SSSR count). The van der Waals surface area contributed by atoms with Crippen molar-refractivity contribution in [1.29, 1.82) is 0 Å². The van der Waals surface area contributed by atoms with Crippen molar-refractivity contribution >= 4 is 5.91 Å². The van der Waals surface area contributed by atoms with Gasteiger partial charge in [-0.2, -0.15) is 13.2 Å². The molecule has 1 fully saturated rings. The summed E-state index contributed by atoms with van der Waals surface area (Å²) in [7, 11) is 0. The third-order valence-corrected chi connectivity index (χ3v) is 4.10. The highest BCUT2D eigenvalue weighted by Gasteiger charge is 2.32. The summed E-state index contributed by atoms with van der Waals surface area (Å²) in [4.78, 5) is 25.8. The zero-order valence-corrected chi connectivity index (χ0v) is 12.6. The van der Waals surface area contributed by atoms with Crippen LogP contribution >= 0.6 is 0 Å². The first kappa shape index (κ1) is 16.6. The Morgan fingerprint density at radius 3 is 2.36 bits per heavy atom. The SMILES string of the molecule is CC1CCCC(C)N1C(=O)Cn1cc(C(F)(F)F)ccc1=O. The highest BCUT2D eigenvalue weighted by molar-refractivity contribution is 5.76. The molecular formula is C15H19F3N2O2. The molecule has 2 unspecified atom stereocenters. The van der Waals surface area contributed by atoms with Gasteiger partial charge in [-0.15, -0.1) is 0 Å². The zero-order chi connectivity index (χ0) is 16.5. The number of amides is 1. The first-order valence-electron chi connectivity index (χ1n) is 7.29. The normalized spacial score (nSPS) is 22.7. The minimum absolute atomic E-state index is 0.0396. The van der Waals surface area contributed by atoms with Crippen LogP contribution in [0.2, 0.25) is 0 Å². The van der Waals surface area contributed by atoms with Crippen molar-refractivity contribution in [2.24, 2.45) is 0 Å². The Morgan fingerprint density at radius 1 is 1.23 bits per heavy atom. The molecule has 1 aliphatic heterocycles. The van der Waals surface area contributed by atoms with Gasteiger partial charge in [0.05, 0.1) is 5.56 Å². The summed E-state index contributed by atoms with van der Waals surface area (Å²) in [6, 6.07) is 1.66. The van der Waals surface area contributed by atoms with Crippen LogP contribution in [0.5, 0.6) is 0 Å². The zero-order valence-electron chi connectivity index (χ0n) is 12.6. The van der Waals surface area contributed by atoms with E-state index in [1.54, 1.807) is 4.90 Å². The van der Waals surface area contributed by atoms with Crippen LogP contribution < -0.4 is 5.56 Å². The number of likely N-dealkylation sites (tertiary alicyclic amines) is 1. The fourth-order valence-electron chi connectivity index (χ4n) is 2.96. The van der Waals surface area contributed by atoms with E-state index in [1.165, 1.54) is 0 Å². The summed E-state index contributed by atoms with van der Waals surface area (Å²) in [6.07, 6.45) is -1.07. The van der Waals surface area contributed by atoms with Crippen LogP contribution in [-0.2, 0) is 17.5 Å². The molecule has 1 saturated heterocycles. The highest BCUT2D eigenvalue weighted by Crippen LogP contribution is 2.28. The lowest BCUT2D eigenvalue weighted by Gasteiger charge is -2.39. The number of piperidine rings is 1. The largest absolute Gasteiger partial charge is 0.417 e. The minimum atomic E-state index is -4.54. The second kappa shape index (κ2) is 6.14. The highest BCUT2D eigenvalue weighted by atomic mass is 19.4. The molecule has 1 aliphatic rings. The third kappa shape index (κ3) is 3.51.